The van der Waals surface area contributed by atoms with Crippen LogP contribution in [-0.4, -0.2) is 87.5 Å². The fraction of sp³-hybridized carbons (Fsp3) is 0.538. The van der Waals surface area contributed by atoms with Gasteiger partial charge in [0.1, 0.15) is 5.82 Å². The molecule has 0 radical (unpaired) electrons. The van der Waals surface area contributed by atoms with Gasteiger partial charge in [0.25, 0.3) is 0 Å². The Bertz CT molecular complexity index is 1200. The van der Waals surface area contributed by atoms with Crippen LogP contribution in [0.1, 0.15) is 19.4 Å². The number of aromatic nitrogens is 2. The maximum Gasteiger partial charge on any atom is 0.354 e. The number of hydrogen-bond donors (Lipinski definition) is 3. The van der Waals surface area contributed by atoms with Crippen molar-refractivity contribution in [3.8, 4) is 5.69 Å². The number of nitrogens with one attached hydrogen (secondary N) is 1. The van der Waals surface area contributed by atoms with Gasteiger partial charge in [-0.3, -0.25) is 19.6 Å². The number of nitrogens with zero attached hydrogens (tertiary/aromatic N) is 5. The van der Waals surface area contributed by atoms with Gasteiger partial charge in [-0.2, -0.15) is 4.98 Å². The highest BCUT2D eigenvalue weighted by molar-refractivity contribution is 5.89. The van der Waals surface area contributed by atoms with Gasteiger partial charge in [-0.1, -0.05) is 12.1 Å². The smallest absolute Gasteiger partial charge is 0.338 e. The molecule has 1 aromatic carbocycles. The van der Waals surface area contributed by atoms with Crippen LogP contribution in [0.5, 0.6) is 0 Å². The van der Waals surface area contributed by atoms with Crippen LogP contribution in [0.2, 0.25) is 0 Å². The van der Waals surface area contributed by atoms with E-state index in [1.165, 1.54) is 10.1 Å². The first kappa shape index (κ1) is 25.4. The molecule has 5 rings (SSSR count). The van der Waals surface area contributed by atoms with Gasteiger partial charge in [0.05, 0.1) is 11.2 Å². The highest BCUT2D eigenvalue weighted by Gasteiger charge is 2.54. The Kier molecular flexibility index (Phi) is 6.78. The molecule has 2 aliphatic heterocycles. The Hall–Kier alpha value is -3.28. The van der Waals surface area contributed by atoms with E-state index in [-0.39, 0.29) is 17.8 Å². The zero-order valence-electron chi connectivity index (χ0n) is 21.5. The second-order valence-corrected chi connectivity index (χ2v) is 11.0. The number of amides is 3. The van der Waals surface area contributed by atoms with Gasteiger partial charge >= 0.3 is 11.7 Å². The Balaban J connectivity index is 1.14. The molecule has 5 N–H and O–H groups in total. The monoisotopic (exact) mass is 508 g/mol. The number of carbonyl (C=O) groups excluding carboxylic acids is 2. The average molecular weight is 509 g/mol. The van der Waals surface area contributed by atoms with Crippen molar-refractivity contribution in [1.29, 1.82) is 0 Å². The summed E-state index contributed by atoms with van der Waals surface area (Å²) >= 11 is 0. The Labute approximate surface area is 216 Å². The number of urea groups is 1. The molecule has 1 aliphatic carbocycles. The summed E-state index contributed by atoms with van der Waals surface area (Å²) < 4.78 is 1.45. The van der Waals surface area contributed by atoms with E-state index in [2.05, 4.69) is 15.2 Å². The zero-order chi connectivity index (χ0) is 26.3. The van der Waals surface area contributed by atoms with Crippen molar-refractivity contribution in [2.45, 2.75) is 25.9 Å². The quantitative estimate of drug-likeness (QED) is 0.509. The first-order chi connectivity index (χ1) is 17.6. The van der Waals surface area contributed by atoms with E-state index in [0.717, 1.165) is 49.6 Å². The summed E-state index contributed by atoms with van der Waals surface area (Å²) in [6.07, 6.45) is 1.61. The lowest BCUT2D eigenvalue weighted by Crippen LogP contribution is -2.58. The molecule has 0 spiro atoms. The third kappa shape index (κ3) is 5.39. The first-order valence-electron chi connectivity index (χ1n) is 12.9. The Morgan fingerprint density at radius 1 is 1.03 bits per heavy atom. The summed E-state index contributed by atoms with van der Waals surface area (Å²) in [6, 6.07) is 9.16. The fourth-order valence-corrected chi connectivity index (χ4v) is 5.61. The number of carbonyl (C=O) groups is 2. The molecule has 1 aromatic heterocycles. The number of nitrogens with two attached hydrogens (primary N) is 2. The molecular weight excluding hydrogens is 472 g/mol. The molecule has 0 bridgehead atoms. The van der Waals surface area contributed by atoms with E-state index in [0.29, 0.717) is 26.2 Å². The van der Waals surface area contributed by atoms with Gasteiger partial charge in [0, 0.05) is 52.0 Å². The average Bonchev–Trinajstić information content (AvgIpc) is 3.36. The Morgan fingerprint density at radius 2 is 1.65 bits per heavy atom. The molecule has 3 aliphatic rings. The van der Waals surface area contributed by atoms with E-state index >= 15 is 0 Å². The van der Waals surface area contributed by atoms with E-state index < -0.39 is 11.2 Å². The molecule has 2 saturated heterocycles. The summed E-state index contributed by atoms with van der Waals surface area (Å²) in [5.74, 6) is 2.30. The molecule has 11 nitrogen and oxygen atoms in total. The normalized spacial score (nSPS) is 23.6. The van der Waals surface area contributed by atoms with Gasteiger partial charge in [-0.05, 0) is 61.9 Å². The summed E-state index contributed by atoms with van der Waals surface area (Å²) in [6.45, 7) is 8.85. The van der Waals surface area contributed by atoms with Crippen LogP contribution in [0.15, 0.2) is 41.3 Å². The van der Waals surface area contributed by atoms with E-state index in [4.69, 9.17) is 11.5 Å². The molecule has 37 heavy (non-hydrogen) atoms. The molecule has 3 heterocycles. The van der Waals surface area contributed by atoms with Gasteiger partial charge in [-0.15, -0.1) is 0 Å². The molecule has 3 atom stereocenters. The van der Waals surface area contributed by atoms with Crippen molar-refractivity contribution < 1.29 is 9.59 Å². The SMILES string of the molecule is CC(C)(N)C(=O)N1CCN(C(=O)Nc2ccn(-c3ccc(CN4C[C@@H]5C(CN)[C@@H]5C4)cc3)c(=O)n2)CC1. The standard InChI is InChI=1S/C26H36N8O3/c1-26(2,28)23(35)32-9-11-33(12-10-32)24(36)29-22-7-8-34(25(37)30-22)18-5-3-17(4-6-18)14-31-15-20-19(13-27)21(20)16-31/h3-8,19-21H,9-16,27-28H2,1-2H3,(H,29,30,36,37)/t19?,20-,21+. The molecule has 11 heteroatoms. The van der Waals surface area contributed by atoms with Crippen LogP contribution < -0.4 is 22.5 Å². The minimum absolute atomic E-state index is 0.140. The van der Waals surface area contributed by atoms with Crippen LogP contribution in [-0.2, 0) is 11.3 Å². The number of likely N-dealkylation sites (tertiary alicyclic amines) is 1. The first-order valence-corrected chi connectivity index (χ1v) is 12.9. The van der Waals surface area contributed by atoms with Crippen molar-refractivity contribution in [1.82, 2.24) is 24.3 Å². The van der Waals surface area contributed by atoms with Crippen molar-refractivity contribution in [3.63, 3.8) is 0 Å². The maximum absolute atomic E-state index is 12.7. The lowest BCUT2D eigenvalue weighted by atomic mass is 10.1. The molecule has 3 amide bonds. The van der Waals surface area contributed by atoms with E-state index in [1.54, 1.807) is 35.9 Å². The number of hydrogen-bond acceptors (Lipinski definition) is 7. The number of rotatable bonds is 6. The number of anilines is 1. The highest BCUT2D eigenvalue weighted by atomic mass is 16.2. The van der Waals surface area contributed by atoms with Crippen LogP contribution in [0.4, 0.5) is 10.6 Å². The predicted octanol–water partition coefficient (Wildman–Crippen LogP) is 0.282. The minimum atomic E-state index is -0.943. The van der Waals surface area contributed by atoms with Gasteiger partial charge in [0.2, 0.25) is 5.91 Å². The van der Waals surface area contributed by atoms with Crippen LogP contribution in [0.3, 0.4) is 0 Å². The van der Waals surface area contributed by atoms with Gasteiger partial charge < -0.3 is 21.3 Å². The lowest BCUT2D eigenvalue weighted by molar-refractivity contribution is -0.137. The van der Waals surface area contributed by atoms with E-state index in [1.807, 2.05) is 24.3 Å². The molecule has 198 valence electrons. The van der Waals surface area contributed by atoms with Gasteiger partial charge in [0.15, 0.2) is 0 Å². The second-order valence-electron chi connectivity index (χ2n) is 11.0. The van der Waals surface area contributed by atoms with Crippen molar-refractivity contribution in [2.24, 2.45) is 29.2 Å². The molecule has 1 unspecified atom stereocenters. The number of piperazine rings is 1. The van der Waals surface area contributed by atoms with Crippen LogP contribution in [0.25, 0.3) is 5.69 Å². The number of piperidine rings is 1. The molecular formula is C26H36N8O3. The summed E-state index contributed by atoms with van der Waals surface area (Å²) in [4.78, 5) is 47.5. The molecule has 1 saturated carbocycles. The summed E-state index contributed by atoms with van der Waals surface area (Å²) in [5, 5.41) is 2.69. The minimum Gasteiger partial charge on any atom is -0.338 e. The molecule has 3 fully saturated rings. The fourth-order valence-electron chi connectivity index (χ4n) is 5.61. The third-order valence-electron chi connectivity index (χ3n) is 7.78. The predicted molar refractivity (Wildman–Crippen MR) is 140 cm³/mol. The van der Waals surface area contributed by atoms with Crippen LogP contribution in [0, 0.1) is 17.8 Å². The summed E-state index contributed by atoms with van der Waals surface area (Å²) in [7, 11) is 0. The second kappa shape index (κ2) is 9.88. The van der Waals surface area contributed by atoms with Crippen molar-refractivity contribution in [2.75, 3.05) is 51.1 Å². The third-order valence-corrected chi connectivity index (χ3v) is 7.78. The lowest BCUT2D eigenvalue weighted by Gasteiger charge is -2.37. The van der Waals surface area contributed by atoms with Gasteiger partial charge in [-0.25, -0.2) is 9.59 Å². The Morgan fingerprint density at radius 3 is 2.22 bits per heavy atom. The van der Waals surface area contributed by atoms with E-state index in [9.17, 15) is 14.4 Å². The zero-order valence-corrected chi connectivity index (χ0v) is 21.5. The van der Waals surface area contributed by atoms with Crippen molar-refractivity contribution >= 4 is 17.8 Å². The van der Waals surface area contributed by atoms with Crippen LogP contribution >= 0.6 is 0 Å². The maximum atomic E-state index is 12.7. The number of fused-ring (bicyclic) bond motifs is 1. The number of benzene rings is 1. The summed E-state index contributed by atoms with van der Waals surface area (Å²) in [5.41, 5.74) is 12.2. The van der Waals surface area contributed by atoms with Crippen molar-refractivity contribution in [3.05, 3.63) is 52.6 Å². The largest absolute Gasteiger partial charge is 0.354 e. The highest BCUT2D eigenvalue weighted by Crippen LogP contribution is 2.51. The molecule has 2 aromatic rings. The topological polar surface area (TPSA) is 143 Å².